The van der Waals surface area contributed by atoms with E-state index >= 15 is 0 Å². The van der Waals surface area contributed by atoms with Gasteiger partial charge in [-0.2, -0.15) is 0 Å². The summed E-state index contributed by atoms with van der Waals surface area (Å²) in [6.45, 7) is 4.37. The number of carbonyl (C=O) groups is 1. The molecule has 2 rings (SSSR count). The molecule has 0 heterocycles. The molecule has 0 saturated heterocycles. The van der Waals surface area contributed by atoms with Crippen LogP contribution in [0.15, 0.2) is 34.2 Å². The SMILES string of the molecule is CCNC(=NCCCC(=O)NC1CC1)N(C)Cc1ccc(SC)cc1.I. The minimum Gasteiger partial charge on any atom is -0.357 e. The summed E-state index contributed by atoms with van der Waals surface area (Å²) in [4.78, 5) is 19.8. The lowest BCUT2D eigenvalue weighted by atomic mass is 10.2. The summed E-state index contributed by atoms with van der Waals surface area (Å²) >= 11 is 1.75. The summed E-state index contributed by atoms with van der Waals surface area (Å²) in [6.07, 6.45) is 5.69. The maximum Gasteiger partial charge on any atom is 0.220 e. The third-order valence-corrected chi connectivity index (χ3v) is 4.78. The molecule has 1 aromatic carbocycles. The van der Waals surface area contributed by atoms with Gasteiger partial charge in [-0.15, -0.1) is 35.7 Å². The first-order chi connectivity index (χ1) is 12.1. The van der Waals surface area contributed by atoms with Gasteiger partial charge in [0.05, 0.1) is 0 Å². The van der Waals surface area contributed by atoms with Crippen molar-refractivity contribution in [3.63, 3.8) is 0 Å². The highest BCUT2D eigenvalue weighted by Gasteiger charge is 2.22. The molecule has 0 spiro atoms. The fraction of sp³-hybridized carbons (Fsp3) is 0.579. The average Bonchev–Trinajstić information content (AvgIpc) is 3.42. The Hall–Kier alpha value is -0.960. The number of hydrogen-bond donors (Lipinski definition) is 2. The van der Waals surface area contributed by atoms with Crippen LogP contribution in [0, 0.1) is 0 Å². The van der Waals surface area contributed by atoms with Crippen LogP contribution in [-0.4, -0.2) is 49.2 Å². The van der Waals surface area contributed by atoms with Gasteiger partial charge < -0.3 is 15.5 Å². The molecule has 1 saturated carbocycles. The standard InChI is InChI=1S/C19H30N4OS.HI/c1-4-20-19(21-13-5-6-18(24)22-16-9-10-16)23(2)14-15-7-11-17(25-3)12-8-15;/h7-8,11-12,16H,4-6,9-10,13-14H2,1-3H3,(H,20,21)(H,22,24);1H. The van der Waals surface area contributed by atoms with E-state index in [1.165, 1.54) is 10.5 Å². The topological polar surface area (TPSA) is 56.7 Å². The van der Waals surface area contributed by atoms with Crippen LogP contribution in [0.25, 0.3) is 0 Å². The van der Waals surface area contributed by atoms with Crippen LogP contribution in [0.3, 0.4) is 0 Å². The smallest absolute Gasteiger partial charge is 0.220 e. The second kappa shape index (κ2) is 12.4. The highest BCUT2D eigenvalue weighted by molar-refractivity contribution is 14.0. The molecule has 2 N–H and O–H groups in total. The van der Waals surface area contributed by atoms with E-state index in [4.69, 9.17) is 0 Å². The predicted octanol–water partition coefficient (Wildman–Crippen LogP) is 3.48. The third-order valence-electron chi connectivity index (χ3n) is 4.04. The second-order valence-corrected chi connectivity index (χ2v) is 7.26. The fourth-order valence-electron chi connectivity index (χ4n) is 2.50. The summed E-state index contributed by atoms with van der Waals surface area (Å²) in [7, 11) is 2.05. The molecule has 7 heteroatoms. The highest BCUT2D eigenvalue weighted by atomic mass is 127. The van der Waals surface area contributed by atoms with Crippen LogP contribution in [0.4, 0.5) is 0 Å². The van der Waals surface area contributed by atoms with Crippen molar-refractivity contribution in [2.45, 2.75) is 50.1 Å². The predicted molar refractivity (Wildman–Crippen MR) is 121 cm³/mol. The molecule has 146 valence electrons. The van der Waals surface area contributed by atoms with Gasteiger partial charge in [-0.25, -0.2) is 0 Å². The lowest BCUT2D eigenvalue weighted by molar-refractivity contribution is -0.121. The van der Waals surface area contributed by atoms with Gasteiger partial charge in [-0.05, 0) is 50.1 Å². The zero-order valence-corrected chi connectivity index (χ0v) is 19.1. The van der Waals surface area contributed by atoms with Gasteiger partial charge in [-0.3, -0.25) is 9.79 Å². The number of amides is 1. The van der Waals surface area contributed by atoms with E-state index in [-0.39, 0.29) is 29.9 Å². The molecule has 0 atom stereocenters. The van der Waals surface area contributed by atoms with Crippen molar-refractivity contribution < 1.29 is 4.79 Å². The number of hydrogen-bond acceptors (Lipinski definition) is 3. The molecule has 0 aromatic heterocycles. The second-order valence-electron chi connectivity index (χ2n) is 6.39. The molecule has 5 nitrogen and oxygen atoms in total. The molecule has 0 radical (unpaired) electrons. The number of aliphatic imine (C=N–C) groups is 1. The Balaban J connectivity index is 0.00000338. The van der Waals surface area contributed by atoms with Crippen molar-refractivity contribution >= 4 is 47.6 Å². The van der Waals surface area contributed by atoms with Gasteiger partial charge in [0.15, 0.2) is 5.96 Å². The first kappa shape index (κ1) is 23.1. The van der Waals surface area contributed by atoms with Gasteiger partial charge in [0, 0.05) is 44.0 Å². The minimum atomic E-state index is 0. The number of carbonyl (C=O) groups excluding carboxylic acids is 1. The fourth-order valence-corrected chi connectivity index (χ4v) is 2.91. The van der Waals surface area contributed by atoms with Crippen molar-refractivity contribution in [3.05, 3.63) is 29.8 Å². The molecule has 26 heavy (non-hydrogen) atoms. The number of nitrogens with zero attached hydrogens (tertiary/aromatic N) is 2. The van der Waals surface area contributed by atoms with Crippen LogP contribution >= 0.6 is 35.7 Å². The first-order valence-electron chi connectivity index (χ1n) is 9.04. The summed E-state index contributed by atoms with van der Waals surface area (Å²) in [5.41, 5.74) is 1.26. The van der Waals surface area contributed by atoms with Crippen molar-refractivity contribution in [2.24, 2.45) is 4.99 Å². The van der Waals surface area contributed by atoms with Crippen LogP contribution in [0.5, 0.6) is 0 Å². The Morgan fingerprint density at radius 3 is 2.58 bits per heavy atom. The summed E-state index contributed by atoms with van der Waals surface area (Å²) in [5, 5.41) is 6.34. The number of rotatable bonds is 9. The lowest BCUT2D eigenvalue weighted by Gasteiger charge is -2.22. The highest BCUT2D eigenvalue weighted by Crippen LogP contribution is 2.18. The van der Waals surface area contributed by atoms with Crippen LogP contribution in [-0.2, 0) is 11.3 Å². The van der Waals surface area contributed by atoms with Gasteiger partial charge >= 0.3 is 0 Å². The molecule has 1 amide bonds. The van der Waals surface area contributed by atoms with E-state index in [1.54, 1.807) is 11.8 Å². The molecule has 1 aliphatic carbocycles. The van der Waals surface area contributed by atoms with Crippen LogP contribution in [0.1, 0.15) is 38.2 Å². The molecular weight excluding hydrogens is 459 g/mol. The Labute approximate surface area is 178 Å². The summed E-state index contributed by atoms with van der Waals surface area (Å²) in [6, 6.07) is 9.06. The zero-order chi connectivity index (χ0) is 18.1. The van der Waals surface area contributed by atoms with Crippen LogP contribution < -0.4 is 10.6 Å². The first-order valence-corrected chi connectivity index (χ1v) is 10.3. The Bertz CT molecular complexity index is 575. The van der Waals surface area contributed by atoms with E-state index in [0.29, 0.717) is 19.0 Å². The number of guanidine groups is 1. The molecule has 0 aliphatic heterocycles. The molecule has 0 unspecified atom stereocenters. The largest absolute Gasteiger partial charge is 0.357 e. The molecule has 1 fully saturated rings. The average molecular weight is 490 g/mol. The van der Waals surface area contributed by atoms with Crippen molar-refractivity contribution in [1.29, 1.82) is 0 Å². The van der Waals surface area contributed by atoms with Gasteiger partial charge in [0.1, 0.15) is 0 Å². The quantitative estimate of drug-likeness (QED) is 0.183. The maximum absolute atomic E-state index is 11.7. The molecule has 1 aromatic rings. The lowest BCUT2D eigenvalue weighted by Crippen LogP contribution is -2.38. The van der Waals surface area contributed by atoms with Gasteiger partial charge in [-0.1, -0.05) is 12.1 Å². The normalized spacial score (nSPS) is 13.7. The molecule has 0 bridgehead atoms. The van der Waals surface area contributed by atoms with E-state index in [9.17, 15) is 4.79 Å². The Kier molecular flexibility index (Phi) is 11.0. The Morgan fingerprint density at radius 2 is 2.00 bits per heavy atom. The monoisotopic (exact) mass is 490 g/mol. The molecular formula is C19H31IN4OS. The van der Waals surface area contributed by atoms with Crippen molar-refractivity contribution in [2.75, 3.05) is 26.4 Å². The van der Waals surface area contributed by atoms with Crippen molar-refractivity contribution in [3.8, 4) is 0 Å². The Morgan fingerprint density at radius 1 is 1.31 bits per heavy atom. The van der Waals surface area contributed by atoms with E-state index < -0.39 is 0 Å². The zero-order valence-electron chi connectivity index (χ0n) is 16.0. The van der Waals surface area contributed by atoms with Gasteiger partial charge in [0.2, 0.25) is 5.91 Å². The number of nitrogens with one attached hydrogen (secondary N) is 2. The van der Waals surface area contributed by atoms with Crippen LogP contribution in [0.2, 0.25) is 0 Å². The summed E-state index contributed by atoms with van der Waals surface area (Å²) in [5.74, 6) is 1.05. The van der Waals surface area contributed by atoms with Gasteiger partial charge in [0.25, 0.3) is 0 Å². The van der Waals surface area contributed by atoms with Crippen molar-refractivity contribution in [1.82, 2.24) is 15.5 Å². The number of halogens is 1. The van der Waals surface area contributed by atoms with E-state index in [1.807, 2.05) is 7.05 Å². The molecule has 1 aliphatic rings. The van der Waals surface area contributed by atoms with E-state index in [2.05, 4.69) is 58.0 Å². The van der Waals surface area contributed by atoms with E-state index in [0.717, 1.165) is 38.3 Å². The maximum atomic E-state index is 11.7. The minimum absolute atomic E-state index is 0. The number of thioether (sulfide) groups is 1. The summed E-state index contributed by atoms with van der Waals surface area (Å²) < 4.78 is 0. The number of benzene rings is 1. The third kappa shape index (κ3) is 8.62.